The van der Waals surface area contributed by atoms with Crippen LogP contribution in [0.5, 0.6) is 0 Å². The fraction of sp³-hybridized carbons (Fsp3) is 0.500. The van der Waals surface area contributed by atoms with E-state index >= 15 is 0 Å². The Balaban J connectivity index is 1.92. The molecule has 1 fully saturated rings. The van der Waals surface area contributed by atoms with Gasteiger partial charge in [0.2, 0.25) is 0 Å². The van der Waals surface area contributed by atoms with Gasteiger partial charge in [0.15, 0.2) is 0 Å². The summed E-state index contributed by atoms with van der Waals surface area (Å²) in [5.41, 5.74) is 7.77. The number of likely N-dealkylation sites (tertiary alicyclic amines) is 1. The van der Waals surface area contributed by atoms with E-state index in [-0.39, 0.29) is 11.7 Å². The van der Waals surface area contributed by atoms with E-state index in [1.54, 1.807) is 6.07 Å². The lowest BCUT2D eigenvalue weighted by Crippen LogP contribution is -2.38. The first kappa shape index (κ1) is 13.8. The predicted molar refractivity (Wildman–Crippen MR) is 72.5 cm³/mol. The number of aryl methyl sites for hydroxylation is 1. The summed E-state index contributed by atoms with van der Waals surface area (Å²) in [6.45, 7) is 4.59. The molecule has 19 heavy (non-hydrogen) atoms. The van der Waals surface area contributed by atoms with Crippen molar-refractivity contribution in [2.24, 2.45) is 16.8 Å². The normalized spacial score (nSPS) is 18.7. The van der Waals surface area contributed by atoms with Crippen LogP contribution >= 0.6 is 0 Å². The van der Waals surface area contributed by atoms with Crippen LogP contribution in [0.15, 0.2) is 23.4 Å². The molecule has 0 amide bonds. The van der Waals surface area contributed by atoms with Crippen LogP contribution in [0.2, 0.25) is 0 Å². The Morgan fingerprint density at radius 3 is 2.74 bits per heavy atom. The van der Waals surface area contributed by atoms with E-state index in [1.807, 2.05) is 13.0 Å². The lowest BCUT2D eigenvalue weighted by molar-refractivity contribution is 0.198. The molecule has 0 bridgehead atoms. The average molecular weight is 265 g/mol. The quantitative estimate of drug-likeness (QED) is 0.381. The van der Waals surface area contributed by atoms with Gasteiger partial charge in [-0.3, -0.25) is 4.90 Å². The van der Waals surface area contributed by atoms with Crippen LogP contribution < -0.4 is 5.73 Å². The van der Waals surface area contributed by atoms with Crippen molar-refractivity contribution in [2.45, 2.75) is 26.3 Å². The number of rotatable bonds is 3. The molecule has 0 atom stereocenters. The molecule has 0 saturated carbocycles. The van der Waals surface area contributed by atoms with Crippen LogP contribution in [0.3, 0.4) is 0 Å². The maximum Gasteiger partial charge on any atom is 0.142 e. The SMILES string of the molecule is Cc1cc(F)ccc1CN1CCC(/C(N)=N/O)CC1. The van der Waals surface area contributed by atoms with Gasteiger partial charge in [0, 0.05) is 12.5 Å². The van der Waals surface area contributed by atoms with Crippen molar-refractivity contribution in [3.05, 3.63) is 35.1 Å². The van der Waals surface area contributed by atoms with Crippen LogP contribution in [0.1, 0.15) is 24.0 Å². The van der Waals surface area contributed by atoms with E-state index in [9.17, 15) is 4.39 Å². The molecule has 0 radical (unpaired) electrons. The Morgan fingerprint density at radius 2 is 2.16 bits per heavy atom. The highest BCUT2D eigenvalue weighted by atomic mass is 19.1. The number of piperidine rings is 1. The van der Waals surface area contributed by atoms with Crippen LogP contribution in [0.4, 0.5) is 4.39 Å². The molecule has 1 aliphatic rings. The van der Waals surface area contributed by atoms with Crippen molar-refractivity contribution in [1.82, 2.24) is 4.90 Å². The Labute approximate surface area is 112 Å². The Morgan fingerprint density at radius 1 is 1.47 bits per heavy atom. The summed E-state index contributed by atoms with van der Waals surface area (Å²) in [4.78, 5) is 2.32. The highest BCUT2D eigenvalue weighted by Gasteiger charge is 2.22. The van der Waals surface area contributed by atoms with Crippen molar-refractivity contribution in [3.8, 4) is 0 Å². The van der Waals surface area contributed by atoms with Gasteiger partial charge in [0.25, 0.3) is 0 Å². The largest absolute Gasteiger partial charge is 0.409 e. The van der Waals surface area contributed by atoms with Crippen LogP contribution in [0.25, 0.3) is 0 Å². The monoisotopic (exact) mass is 265 g/mol. The van der Waals surface area contributed by atoms with Crippen molar-refractivity contribution >= 4 is 5.84 Å². The molecule has 1 aliphatic heterocycles. The molecule has 3 N–H and O–H groups in total. The van der Waals surface area contributed by atoms with E-state index < -0.39 is 0 Å². The zero-order valence-corrected chi connectivity index (χ0v) is 11.1. The van der Waals surface area contributed by atoms with E-state index in [2.05, 4.69) is 10.1 Å². The molecule has 1 heterocycles. The Kier molecular flexibility index (Phi) is 4.37. The fourth-order valence-electron chi connectivity index (χ4n) is 2.55. The molecule has 1 saturated heterocycles. The summed E-state index contributed by atoms with van der Waals surface area (Å²) < 4.78 is 13.0. The summed E-state index contributed by atoms with van der Waals surface area (Å²) >= 11 is 0. The minimum atomic E-state index is -0.188. The van der Waals surface area contributed by atoms with Crippen LogP contribution in [-0.4, -0.2) is 29.0 Å². The minimum Gasteiger partial charge on any atom is -0.409 e. The molecule has 104 valence electrons. The van der Waals surface area contributed by atoms with Gasteiger partial charge >= 0.3 is 0 Å². The summed E-state index contributed by atoms with van der Waals surface area (Å²) in [5, 5.41) is 11.7. The molecular formula is C14H20FN3O. The maximum absolute atomic E-state index is 13.0. The van der Waals surface area contributed by atoms with Crippen LogP contribution in [0, 0.1) is 18.7 Å². The Hall–Kier alpha value is -1.62. The minimum absolute atomic E-state index is 0.176. The molecule has 1 aromatic rings. The first-order valence-electron chi connectivity index (χ1n) is 6.55. The smallest absolute Gasteiger partial charge is 0.142 e. The van der Waals surface area contributed by atoms with E-state index in [0.717, 1.165) is 43.6 Å². The molecule has 0 spiro atoms. The van der Waals surface area contributed by atoms with Gasteiger partial charge in [-0.2, -0.15) is 0 Å². The number of oxime groups is 1. The van der Waals surface area contributed by atoms with Crippen molar-refractivity contribution in [1.29, 1.82) is 0 Å². The lowest BCUT2D eigenvalue weighted by atomic mass is 9.95. The zero-order valence-electron chi connectivity index (χ0n) is 11.1. The second-order valence-corrected chi connectivity index (χ2v) is 5.15. The van der Waals surface area contributed by atoms with Gasteiger partial charge in [-0.05, 0) is 56.1 Å². The summed E-state index contributed by atoms with van der Waals surface area (Å²) in [6.07, 6.45) is 1.80. The summed E-state index contributed by atoms with van der Waals surface area (Å²) in [7, 11) is 0. The number of nitrogens with two attached hydrogens (primary N) is 1. The molecule has 0 unspecified atom stereocenters. The molecule has 0 aromatic heterocycles. The standard InChI is InChI=1S/C14H20FN3O/c1-10-8-13(15)3-2-12(10)9-18-6-4-11(5-7-18)14(16)17-19/h2-3,8,11,19H,4-7,9H2,1H3,(H2,16,17). The first-order valence-corrected chi connectivity index (χ1v) is 6.55. The number of hydrogen-bond donors (Lipinski definition) is 2. The Bertz CT molecular complexity index is 468. The number of benzene rings is 1. The maximum atomic E-state index is 13.0. The lowest BCUT2D eigenvalue weighted by Gasteiger charge is -2.31. The molecule has 4 nitrogen and oxygen atoms in total. The van der Waals surface area contributed by atoms with E-state index in [1.165, 1.54) is 6.07 Å². The molecule has 1 aromatic carbocycles. The van der Waals surface area contributed by atoms with Crippen LogP contribution in [-0.2, 0) is 6.54 Å². The third-order valence-corrected chi connectivity index (χ3v) is 3.82. The zero-order chi connectivity index (χ0) is 13.8. The van der Waals surface area contributed by atoms with Crippen molar-refractivity contribution in [2.75, 3.05) is 13.1 Å². The topological polar surface area (TPSA) is 61.8 Å². The number of amidine groups is 1. The van der Waals surface area contributed by atoms with Crippen molar-refractivity contribution in [3.63, 3.8) is 0 Å². The van der Waals surface area contributed by atoms with Gasteiger partial charge in [0.1, 0.15) is 11.7 Å². The summed E-state index contributed by atoms with van der Waals surface area (Å²) in [5.74, 6) is 0.320. The number of halogens is 1. The first-order chi connectivity index (χ1) is 9.10. The highest BCUT2D eigenvalue weighted by molar-refractivity contribution is 5.82. The van der Waals surface area contributed by atoms with Gasteiger partial charge in [-0.25, -0.2) is 4.39 Å². The highest BCUT2D eigenvalue weighted by Crippen LogP contribution is 2.20. The van der Waals surface area contributed by atoms with Gasteiger partial charge < -0.3 is 10.9 Å². The number of nitrogens with zero attached hydrogens (tertiary/aromatic N) is 2. The van der Waals surface area contributed by atoms with Gasteiger partial charge in [-0.1, -0.05) is 11.2 Å². The second kappa shape index (κ2) is 6.02. The molecule has 0 aliphatic carbocycles. The third-order valence-electron chi connectivity index (χ3n) is 3.82. The van der Waals surface area contributed by atoms with E-state index in [4.69, 9.17) is 10.9 Å². The third kappa shape index (κ3) is 3.44. The van der Waals surface area contributed by atoms with Crippen molar-refractivity contribution < 1.29 is 9.60 Å². The van der Waals surface area contributed by atoms with Gasteiger partial charge in [0.05, 0.1) is 0 Å². The predicted octanol–water partition coefficient (Wildman–Crippen LogP) is 2.09. The molecule has 5 heteroatoms. The van der Waals surface area contributed by atoms with E-state index in [0.29, 0.717) is 5.84 Å². The molecule has 2 rings (SSSR count). The van der Waals surface area contributed by atoms with Gasteiger partial charge in [-0.15, -0.1) is 0 Å². The molecular weight excluding hydrogens is 245 g/mol. The fourth-order valence-corrected chi connectivity index (χ4v) is 2.55. The average Bonchev–Trinajstić information content (AvgIpc) is 2.42. The summed E-state index contributed by atoms with van der Waals surface area (Å²) in [6, 6.07) is 4.92. The number of hydrogen-bond acceptors (Lipinski definition) is 3. The second-order valence-electron chi connectivity index (χ2n) is 5.15.